The lowest BCUT2D eigenvalue weighted by Crippen LogP contribution is -2.50. The van der Waals surface area contributed by atoms with Gasteiger partial charge in [0.05, 0.1) is 76.5 Å². The molecule has 9 aromatic rings. The maximum Gasteiger partial charge on any atom is 0.322 e. The Hall–Kier alpha value is -15.8. The Bertz CT molecular complexity index is 5510. The van der Waals surface area contributed by atoms with Crippen molar-refractivity contribution >= 4 is 127 Å². The van der Waals surface area contributed by atoms with E-state index in [0.717, 1.165) is 75.7 Å². The number of urea groups is 4. The van der Waals surface area contributed by atoms with Gasteiger partial charge in [-0.2, -0.15) is 5.26 Å². The Labute approximate surface area is 690 Å². The summed E-state index contributed by atoms with van der Waals surface area (Å²) < 4.78 is 27.0. The lowest BCUT2D eigenvalue weighted by Gasteiger charge is -2.36. The van der Waals surface area contributed by atoms with Gasteiger partial charge in [0.25, 0.3) is 46.4 Å². The largest absolute Gasteiger partial charge is 0.367 e. The van der Waals surface area contributed by atoms with E-state index < -0.39 is 61.0 Å². The van der Waals surface area contributed by atoms with Crippen LogP contribution in [0.5, 0.6) is 0 Å². The fourth-order valence-electron chi connectivity index (χ4n) is 13.6. The quantitative estimate of drug-likeness (QED) is 0.0243. The molecule has 4 heterocycles. The number of non-ortho nitro benzene ring substituents is 3. The molecule has 4 fully saturated rings. The molecule has 0 spiro atoms. The first kappa shape index (κ1) is 88.6. The molecule has 4 aliphatic heterocycles. The first-order valence-corrected chi connectivity index (χ1v) is 37.2. The third-order valence-corrected chi connectivity index (χ3v) is 19.9. The predicted molar refractivity (Wildman–Crippen MR) is 438 cm³/mol. The van der Waals surface area contributed by atoms with E-state index in [4.69, 9.17) is 26.1 Å². The second-order valence-electron chi connectivity index (χ2n) is 27.3. The molecule has 9 aromatic carbocycles. The molecule has 43 heteroatoms. The van der Waals surface area contributed by atoms with Crippen LogP contribution in [-0.4, -0.2) is 213 Å². The molecule has 0 bridgehead atoms. The second-order valence-corrected chi connectivity index (χ2v) is 27.3. The predicted octanol–water partition coefficient (Wildman–Crippen LogP) is 10.2. The van der Waals surface area contributed by atoms with Gasteiger partial charge in [-0.25, -0.2) is 49.9 Å². The average molecular weight is 1680 g/mol. The van der Waals surface area contributed by atoms with E-state index in [0.29, 0.717) is 113 Å². The van der Waals surface area contributed by atoms with Crippen molar-refractivity contribution in [1.29, 1.82) is 5.26 Å². The number of halogens is 2. The monoisotopic (exact) mass is 1680 g/mol. The van der Waals surface area contributed by atoms with Gasteiger partial charge in [0, 0.05) is 176 Å². The van der Waals surface area contributed by atoms with Crippen LogP contribution in [0.1, 0.15) is 58.1 Å². The number of para-hydroxylation sites is 1. The van der Waals surface area contributed by atoms with Crippen LogP contribution in [0.25, 0.3) is 10.8 Å². The number of nitrogens with one attached hydrogen (secondary N) is 8. The van der Waals surface area contributed by atoms with Crippen molar-refractivity contribution in [3.8, 4) is 6.07 Å². The Balaban J connectivity index is 0.000000171. The van der Waals surface area contributed by atoms with Crippen molar-refractivity contribution in [2.45, 2.75) is 13.8 Å². The molecule has 0 aliphatic carbocycles. The highest BCUT2D eigenvalue weighted by atomic mass is 19.1. The minimum atomic E-state index is -0.907. The fourth-order valence-corrected chi connectivity index (χ4v) is 13.6. The summed E-state index contributed by atoms with van der Waals surface area (Å²) in [6.07, 6.45) is 0. The van der Waals surface area contributed by atoms with E-state index in [9.17, 15) is 87.6 Å². The molecule has 0 saturated carbocycles. The molecular formula is C79H79F2N21O20. The van der Waals surface area contributed by atoms with Crippen molar-refractivity contribution in [3.63, 3.8) is 0 Å². The molecule has 0 aromatic heterocycles. The zero-order valence-corrected chi connectivity index (χ0v) is 64.9. The lowest BCUT2D eigenvalue weighted by atomic mass is 10.1. The summed E-state index contributed by atoms with van der Waals surface area (Å²) in [6, 6.07) is 44.7. The van der Waals surface area contributed by atoms with Crippen LogP contribution < -0.4 is 62.8 Å². The number of nitrogens with zero attached hydrogens (tertiary/aromatic N) is 13. The number of aryl methyl sites for hydroxylation is 2. The third-order valence-electron chi connectivity index (χ3n) is 19.9. The summed E-state index contributed by atoms with van der Waals surface area (Å²) in [7, 11) is 0. The van der Waals surface area contributed by atoms with Crippen LogP contribution in [0, 0.1) is 77.3 Å². The molecule has 4 saturated heterocycles. The van der Waals surface area contributed by atoms with E-state index in [1.807, 2.05) is 90.4 Å². The molecule has 0 radical (unpaired) electrons. The number of piperazine rings is 4. The maximum absolute atomic E-state index is 13.7. The zero-order chi connectivity index (χ0) is 88.0. The average Bonchev–Trinajstić information content (AvgIpc) is 0.825. The Morgan fingerprint density at radius 2 is 0.770 bits per heavy atom. The number of rotatable bonds is 16. The van der Waals surface area contributed by atoms with Crippen LogP contribution in [0.3, 0.4) is 0 Å². The summed E-state index contributed by atoms with van der Waals surface area (Å²) in [4.78, 5) is 153. The van der Waals surface area contributed by atoms with Gasteiger partial charge in [-0.1, -0.05) is 60.7 Å². The highest BCUT2D eigenvalue weighted by molar-refractivity contribution is 6.04. The number of benzene rings is 9. The zero-order valence-electron chi connectivity index (χ0n) is 64.9. The Morgan fingerprint density at radius 1 is 0.385 bits per heavy atom. The fraction of sp³-hybridized carbons (Fsp3) is 0.228. The van der Waals surface area contributed by atoms with Crippen LogP contribution in [-0.2, 0) is 0 Å². The summed E-state index contributed by atoms with van der Waals surface area (Å²) in [5, 5.41) is 102. The van der Waals surface area contributed by atoms with Crippen LogP contribution >= 0.6 is 0 Å². The standard InChI is InChI=1S/C22H21N5O5.C20H23N5O5.C19H18N6O5.C18H17F2N5O5/c28-21(24-30)18-14-16(27(31)32)8-9-20(18)25-10-12-26(13-11-25)22(29)23-19-7-3-5-15-4-1-2-6-17(15)19;1-13-4-3-5-14(2)18(13)21-20(27)24-10-8-23(9-11-24)17-7-6-15(25(29)30)12-16(17)19(26)22-28;20-12-13-2-1-3-15(10-13)21-19(27)24-8-6-23(7-9-24)16-5-4-14(18(26)22-28)11-17(16)25(29)30;19-11-1-3-14(20)15(9-11)21-18(27)24-7-5-23(6-8-24)16-4-2-12(25(29)30)10-13(16)17(26)22-28/h1-9,14,30H,10-13H2,(H,23,29)(H,24,28);3-7,12,28H,8-11H2,1-2H3,(H,21,27)(H,22,26);1-5,10-11,28H,6-9H2,(H,21,27)(H,22,26);1-4,9-10,28H,5-8H2,(H,21,27)(H,22,26). The number of hydrogen-bond donors (Lipinski definition) is 12. The van der Waals surface area contributed by atoms with Crippen molar-refractivity contribution in [3.05, 3.63) is 267 Å². The highest BCUT2D eigenvalue weighted by Crippen LogP contribution is 2.34. The topological polar surface area (TPSA) is 536 Å². The number of amides is 12. The van der Waals surface area contributed by atoms with Gasteiger partial charge in [-0.3, -0.25) is 80.5 Å². The van der Waals surface area contributed by atoms with Crippen LogP contribution in [0.4, 0.5) is 96.2 Å². The van der Waals surface area contributed by atoms with Crippen molar-refractivity contribution in [2.24, 2.45) is 0 Å². The molecule has 0 atom stereocenters. The number of carbonyl (C=O) groups is 8. The minimum Gasteiger partial charge on any atom is -0.367 e. The Morgan fingerprint density at radius 3 is 1.20 bits per heavy atom. The molecule has 4 aliphatic rings. The van der Waals surface area contributed by atoms with Crippen molar-refractivity contribution in [2.75, 3.05) is 146 Å². The summed E-state index contributed by atoms with van der Waals surface area (Å²) in [6.45, 7) is 9.50. The lowest BCUT2D eigenvalue weighted by molar-refractivity contribution is -0.385. The van der Waals surface area contributed by atoms with E-state index in [-0.39, 0.29) is 95.0 Å². The van der Waals surface area contributed by atoms with Gasteiger partial charge in [-0.15, -0.1) is 0 Å². The van der Waals surface area contributed by atoms with Gasteiger partial charge in [0.1, 0.15) is 17.3 Å². The van der Waals surface area contributed by atoms with Crippen molar-refractivity contribution < 1.29 is 87.7 Å². The molecule has 41 nitrogen and oxygen atoms in total. The minimum absolute atomic E-state index is 0.000127. The number of anilines is 8. The van der Waals surface area contributed by atoms with Crippen LogP contribution in [0.15, 0.2) is 176 Å². The number of hydrogen-bond acceptors (Lipinski definition) is 25. The van der Waals surface area contributed by atoms with E-state index in [1.165, 1.54) is 75.4 Å². The van der Waals surface area contributed by atoms with Crippen molar-refractivity contribution in [1.82, 2.24) is 41.5 Å². The van der Waals surface area contributed by atoms with Gasteiger partial charge in [-0.05, 0) is 97.1 Å². The SMILES string of the molecule is Cc1cccc(C)c1NC(=O)N1CCN(c2ccc([N+](=O)[O-])cc2C(=O)NO)CC1.N#Cc1cccc(NC(=O)N2CCN(c3ccc(C(=O)NO)cc3[N+](=O)[O-])CC2)c1.O=C(NO)c1cc([N+](=O)[O-])ccc1N1CCN(C(=O)Nc2cc(F)ccc2F)CC1.O=C(NO)c1cc([N+](=O)[O-])ccc1N1CCN(C(=O)Nc2cccc3ccccc23)CC1. The molecule has 12 amide bonds. The number of fused-ring (bicyclic) bond motifs is 1. The molecular weight excluding hydrogens is 1600 g/mol. The van der Waals surface area contributed by atoms with Gasteiger partial charge >= 0.3 is 24.1 Å². The van der Waals surface area contributed by atoms with Gasteiger partial charge < -0.3 is 60.5 Å². The summed E-state index contributed by atoms with van der Waals surface area (Å²) >= 11 is 0. The summed E-state index contributed by atoms with van der Waals surface area (Å²) in [5.41, 5.74) is 10.5. The number of nitro groups is 4. The first-order chi connectivity index (χ1) is 58.5. The molecule has 122 heavy (non-hydrogen) atoms. The van der Waals surface area contributed by atoms with E-state index >= 15 is 0 Å². The highest BCUT2D eigenvalue weighted by Gasteiger charge is 2.32. The van der Waals surface area contributed by atoms with Gasteiger partial charge in [0.15, 0.2) is 0 Å². The molecule has 13 rings (SSSR count). The molecule has 634 valence electrons. The normalized spacial score (nSPS) is 13.6. The maximum atomic E-state index is 13.7. The van der Waals surface area contributed by atoms with E-state index in [2.05, 4.69) is 21.3 Å². The third kappa shape index (κ3) is 22.1. The van der Waals surface area contributed by atoms with Gasteiger partial charge in [0.2, 0.25) is 0 Å². The second kappa shape index (κ2) is 40.9. The Kier molecular flexibility index (Phi) is 29.7. The number of carbonyl (C=O) groups excluding carboxylic acids is 8. The number of nitriles is 1. The first-order valence-electron chi connectivity index (χ1n) is 37.2. The summed E-state index contributed by atoms with van der Waals surface area (Å²) in [5.74, 6) is -4.87. The molecule has 0 unspecified atom stereocenters. The van der Waals surface area contributed by atoms with Crippen LogP contribution in [0.2, 0.25) is 0 Å². The number of hydroxylamine groups is 4. The van der Waals surface area contributed by atoms with E-state index in [1.54, 1.807) is 48.8 Å². The smallest absolute Gasteiger partial charge is 0.322 e. The number of nitro benzene ring substituents is 4. The molecule has 12 N–H and O–H groups in total.